The van der Waals surface area contributed by atoms with Crippen molar-refractivity contribution in [1.29, 1.82) is 5.26 Å². The Bertz CT molecular complexity index is 781. The minimum atomic E-state index is 0.000601. The Balaban J connectivity index is 1.79. The summed E-state index contributed by atoms with van der Waals surface area (Å²) in [6.07, 6.45) is 2.10. The molecule has 0 aromatic heterocycles. The van der Waals surface area contributed by atoms with Gasteiger partial charge in [0, 0.05) is 23.8 Å². The van der Waals surface area contributed by atoms with Crippen LogP contribution in [0.25, 0.3) is 0 Å². The first-order chi connectivity index (χ1) is 11.3. The Morgan fingerprint density at radius 3 is 2.96 bits per heavy atom. The molecule has 0 amide bonds. The van der Waals surface area contributed by atoms with Gasteiger partial charge in [0.25, 0.3) is 0 Å². The summed E-state index contributed by atoms with van der Waals surface area (Å²) < 4.78 is 6.08. The van der Waals surface area contributed by atoms with Gasteiger partial charge in [-0.15, -0.1) is 0 Å². The molecule has 1 saturated heterocycles. The van der Waals surface area contributed by atoms with Crippen LogP contribution in [0.3, 0.4) is 0 Å². The van der Waals surface area contributed by atoms with E-state index in [1.54, 1.807) is 6.07 Å². The fourth-order valence-electron chi connectivity index (χ4n) is 3.79. The van der Waals surface area contributed by atoms with E-state index in [9.17, 15) is 5.11 Å². The molecule has 23 heavy (non-hydrogen) atoms. The Kier molecular flexibility index (Phi) is 3.44. The van der Waals surface area contributed by atoms with Crippen LogP contribution in [0.4, 0.5) is 5.69 Å². The van der Waals surface area contributed by atoms with Gasteiger partial charge in [0.15, 0.2) is 0 Å². The first-order valence-electron chi connectivity index (χ1n) is 7.97. The van der Waals surface area contributed by atoms with E-state index in [1.807, 2.05) is 36.4 Å². The van der Waals surface area contributed by atoms with Gasteiger partial charge in [-0.25, -0.2) is 0 Å². The Hall–Kier alpha value is -2.51. The highest BCUT2D eigenvalue weighted by molar-refractivity contribution is 5.59. The van der Waals surface area contributed by atoms with Crippen molar-refractivity contribution < 1.29 is 9.84 Å². The van der Waals surface area contributed by atoms with Crippen LogP contribution in [0, 0.1) is 17.2 Å². The van der Waals surface area contributed by atoms with Gasteiger partial charge in [0.1, 0.15) is 5.75 Å². The van der Waals surface area contributed by atoms with Gasteiger partial charge in [-0.05, 0) is 48.7 Å². The molecule has 2 heterocycles. The zero-order valence-corrected chi connectivity index (χ0v) is 12.7. The molecule has 0 bridgehead atoms. The van der Waals surface area contributed by atoms with Crippen molar-refractivity contribution in [2.24, 2.45) is 5.92 Å². The smallest absolute Gasteiger partial charge is 0.115 e. The molecular formula is C19H18N2O2. The van der Waals surface area contributed by atoms with E-state index in [0.29, 0.717) is 11.5 Å². The molecule has 2 N–H and O–H groups in total. The number of nitrogens with zero attached hydrogens (tertiary/aromatic N) is 1. The lowest BCUT2D eigenvalue weighted by Crippen LogP contribution is -2.36. The van der Waals surface area contributed by atoms with Crippen molar-refractivity contribution in [2.45, 2.75) is 25.0 Å². The Labute approximate surface area is 135 Å². The zero-order valence-electron chi connectivity index (χ0n) is 12.7. The van der Waals surface area contributed by atoms with Gasteiger partial charge in [-0.2, -0.15) is 5.26 Å². The van der Waals surface area contributed by atoms with Crippen molar-refractivity contribution in [3.63, 3.8) is 0 Å². The van der Waals surface area contributed by atoms with Gasteiger partial charge in [-0.3, -0.25) is 0 Å². The second-order valence-electron chi connectivity index (χ2n) is 6.23. The predicted octanol–water partition coefficient (Wildman–Crippen LogP) is 3.90. The highest BCUT2D eigenvalue weighted by Gasteiger charge is 2.39. The van der Waals surface area contributed by atoms with E-state index in [-0.39, 0.29) is 17.9 Å². The molecule has 0 unspecified atom stereocenters. The molecule has 4 rings (SSSR count). The summed E-state index contributed by atoms with van der Waals surface area (Å²) in [7, 11) is 0. The fraction of sp³-hybridized carbons (Fsp3) is 0.316. The van der Waals surface area contributed by atoms with Gasteiger partial charge < -0.3 is 15.2 Å². The number of phenols is 1. The molecule has 1 fully saturated rings. The Morgan fingerprint density at radius 1 is 1.22 bits per heavy atom. The number of rotatable bonds is 1. The summed E-state index contributed by atoms with van der Waals surface area (Å²) in [6.45, 7) is 0.754. The molecule has 3 atom stereocenters. The fourth-order valence-corrected chi connectivity index (χ4v) is 3.79. The third-order valence-corrected chi connectivity index (χ3v) is 4.82. The largest absolute Gasteiger partial charge is 0.508 e. The highest BCUT2D eigenvalue weighted by atomic mass is 16.5. The number of aromatic hydroxyl groups is 1. The number of nitriles is 1. The van der Waals surface area contributed by atoms with Crippen molar-refractivity contribution in [2.75, 3.05) is 11.9 Å². The minimum Gasteiger partial charge on any atom is -0.508 e. The van der Waals surface area contributed by atoms with Crippen LogP contribution in [-0.2, 0) is 4.74 Å². The number of anilines is 1. The maximum Gasteiger partial charge on any atom is 0.115 e. The third kappa shape index (κ3) is 2.43. The van der Waals surface area contributed by atoms with Crippen LogP contribution in [0.15, 0.2) is 42.5 Å². The molecule has 0 aliphatic carbocycles. The maximum absolute atomic E-state index is 9.81. The normalized spacial score (nSPS) is 25.6. The van der Waals surface area contributed by atoms with Crippen LogP contribution in [-0.4, -0.2) is 11.7 Å². The van der Waals surface area contributed by atoms with Crippen molar-refractivity contribution in [3.8, 4) is 11.8 Å². The molecule has 4 heteroatoms. The van der Waals surface area contributed by atoms with Gasteiger partial charge >= 0.3 is 0 Å². The van der Waals surface area contributed by atoms with Crippen LogP contribution in [0.2, 0.25) is 0 Å². The summed E-state index contributed by atoms with van der Waals surface area (Å²) in [4.78, 5) is 0. The summed E-state index contributed by atoms with van der Waals surface area (Å²) >= 11 is 0. The number of phenolic OH excluding ortho intramolecular Hbond substituents is 1. The lowest BCUT2D eigenvalue weighted by atomic mass is 9.77. The molecule has 2 aromatic rings. The Morgan fingerprint density at radius 2 is 2.13 bits per heavy atom. The number of fused-ring (bicyclic) bond motifs is 3. The van der Waals surface area contributed by atoms with Crippen LogP contribution < -0.4 is 5.32 Å². The molecule has 0 spiro atoms. The van der Waals surface area contributed by atoms with Crippen LogP contribution in [0.5, 0.6) is 5.75 Å². The molecule has 4 nitrogen and oxygen atoms in total. The summed E-state index contributed by atoms with van der Waals surface area (Å²) in [5.74, 6) is 0.579. The van der Waals surface area contributed by atoms with E-state index in [0.717, 1.165) is 36.3 Å². The van der Waals surface area contributed by atoms with E-state index in [2.05, 4.69) is 11.4 Å². The van der Waals surface area contributed by atoms with E-state index < -0.39 is 0 Å². The van der Waals surface area contributed by atoms with Crippen molar-refractivity contribution in [3.05, 3.63) is 59.2 Å². The average Bonchev–Trinajstić information content (AvgIpc) is 2.60. The van der Waals surface area contributed by atoms with Gasteiger partial charge in [0.05, 0.1) is 23.8 Å². The molecule has 116 valence electrons. The number of hydrogen-bond acceptors (Lipinski definition) is 4. The molecular weight excluding hydrogens is 288 g/mol. The van der Waals surface area contributed by atoms with E-state index in [4.69, 9.17) is 10.00 Å². The van der Waals surface area contributed by atoms with Gasteiger partial charge in [-0.1, -0.05) is 12.1 Å². The molecule has 2 aliphatic rings. The molecule has 2 aliphatic heterocycles. The van der Waals surface area contributed by atoms with Crippen molar-refractivity contribution in [1.82, 2.24) is 0 Å². The lowest BCUT2D eigenvalue weighted by Gasteiger charge is -2.43. The predicted molar refractivity (Wildman–Crippen MR) is 87.0 cm³/mol. The standard InChI is InChI=1S/C19H18N2O2/c20-11-12-6-7-17-16(9-12)19-15(5-2-8-23-19)18(21-17)13-3-1-4-14(22)10-13/h1,3-4,6-7,9-10,15,18-19,21-22H,2,5,8H2/t15-,18+,19-/m1/s1. The summed E-state index contributed by atoms with van der Waals surface area (Å²) in [6, 6.07) is 15.4. The average molecular weight is 306 g/mol. The van der Waals surface area contributed by atoms with Crippen LogP contribution >= 0.6 is 0 Å². The quantitative estimate of drug-likeness (QED) is 0.838. The van der Waals surface area contributed by atoms with E-state index in [1.165, 1.54) is 0 Å². The zero-order chi connectivity index (χ0) is 15.8. The summed E-state index contributed by atoms with van der Waals surface area (Å²) in [5.41, 5.74) is 3.82. The number of nitrogens with one attached hydrogen (secondary N) is 1. The monoisotopic (exact) mass is 306 g/mol. The highest BCUT2D eigenvalue weighted by Crippen LogP contribution is 2.49. The first kappa shape index (κ1) is 14.1. The number of hydrogen-bond donors (Lipinski definition) is 2. The molecule has 0 radical (unpaired) electrons. The topological polar surface area (TPSA) is 65.3 Å². The first-order valence-corrected chi connectivity index (χ1v) is 7.97. The van der Waals surface area contributed by atoms with E-state index >= 15 is 0 Å². The third-order valence-electron chi connectivity index (χ3n) is 4.82. The lowest BCUT2D eigenvalue weighted by molar-refractivity contribution is -0.0381. The molecule has 0 saturated carbocycles. The second-order valence-corrected chi connectivity index (χ2v) is 6.23. The van der Waals surface area contributed by atoms with Gasteiger partial charge in [0.2, 0.25) is 0 Å². The maximum atomic E-state index is 9.81. The number of ether oxygens (including phenoxy) is 1. The van der Waals surface area contributed by atoms with Crippen molar-refractivity contribution >= 4 is 5.69 Å². The minimum absolute atomic E-state index is 0.000601. The van der Waals surface area contributed by atoms with Crippen LogP contribution in [0.1, 0.15) is 41.7 Å². The summed E-state index contributed by atoms with van der Waals surface area (Å²) in [5, 5.41) is 22.6. The second kappa shape index (κ2) is 5.60. The number of benzene rings is 2. The SMILES string of the molecule is N#Cc1ccc2c(c1)[C@@H]1OCCC[C@@H]1[C@H](c1cccc(O)c1)N2. The molecule has 2 aromatic carbocycles.